The Bertz CT molecular complexity index is 417. The van der Waals surface area contributed by atoms with E-state index in [0.29, 0.717) is 21.7 Å². The number of anilines is 2. The number of nitrogens with one attached hydrogen (secondary N) is 2. The van der Waals surface area contributed by atoms with Gasteiger partial charge in [-0.15, -0.1) is 0 Å². The normalized spacial score (nSPS) is 12.5. The average molecular weight is 284 g/mol. The Morgan fingerprint density at radius 2 is 2.05 bits per heavy atom. The number of nitrogens with zero attached hydrogens (tertiary/aromatic N) is 1. The van der Waals surface area contributed by atoms with Crippen LogP contribution in [0, 0.1) is 5.92 Å². The van der Waals surface area contributed by atoms with Crippen molar-refractivity contribution in [2.75, 3.05) is 18.1 Å². The molecule has 0 radical (unpaired) electrons. The fourth-order valence-corrected chi connectivity index (χ4v) is 2.54. The van der Waals surface area contributed by atoms with Crippen LogP contribution in [0.15, 0.2) is 0 Å². The van der Waals surface area contributed by atoms with Crippen LogP contribution in [0.1, 0.15) is 49.7 Å². The van der Waals surface area contributed by atoms with Crippen LogP contribution in [0.25, 0.3) is 0 Å². The van der Waals surface area contributed by atoms with Gasteiger partial charge in [-0.1, -0.05) is 38.0 Å². The van der Waals surface area contributed by atoms with Crippen molar-refractivity contribution in [2.45, 2.75) is 46.1 Å². The molecule has 0 aliphatic heterocycles. The van der Waals surface area contributed by atoms with Crippen LogP contribution in [0.5, 0.6) is 0 Å². The minimum Gasteiger partial charge on any atom is -0.382 e. The number of nitrogens with two attached hydrogens (primary N) is 1. The lowest BCUT2D eigenvalue weighted by Crippen LogP contribution is -2.32. The highest BCUT2D eigenvalue weighted by atomic mass is 32.1. The minimum absolute atomic E-state index is 0.131. The molecule has 1 aromatic heterocycles. The summed E-state index contributed by atoms with van der Waals surface area (Å²) >= 11 is 1.28. The molecule has 108 valence electrons. The number of carbonyl (C=O) groups is 1. The van der Waals surface area contributed by atoms with Gasteiger partial charge in [0.1, 0.15) is 10.7 Å². The molecule has 4 N–H and O–H groups in total. The number of thiazole rings is 1. The number of hydrogen-bond acceptors (Lipinski definition) is 5. The third-order valence-corrected chi connectivity index (χ3v) is 3.96. The second-order valence-corrected chi connectivity index (χ2v) is 6.18. The zero-order valence-electron chi connectivity index (χ0n) is 12.1. The lowest BCUT2D eigenvalue weighted by atomic mass is 10.0. The van der Waals surface area contributed by atoms with Crippen molar-refractivity contribution >= 4 is 28.2 Å². The molecule has 1 aromatic rings. The first-order chi connectivity index (χ1) is 8.93. The number of hydrogen-bond donors (Lipinski definition) is 3. The van der Waals surface area contributed by atoms with E-state index in [2.05, 4.69) is 29.5 Å². The molecule has 19 heavy (non-hydrogen) atoms. The SMILES string of the molecule is CNc1nc(N)c(C(=O)NC(C)CCCC(C)C)s1. The maximum absolute atomic E-state index is 12.1. The van der Waals surface area contributed by atoms with E-state index in [1.165, 1.54) is 17.8 Å². The highest BCUT2D eigenvalue weighted by Gasteiger charge is 2.17. The van der Waals surface area contributed by atoms with Gasteiger partial charge < -0.3 is 16.4 Å². The van der Waals surface area contributed by atoms with Crippen molar-refractivity contribution in [1.29, 1.82) is 0 Å². The van der Waals surface area contributed by atoms with Gasteiger partial charge >= 0.3 is 0 Å². The van der Waals surface area contributed by atoms with Gasteiger partial charge in [-0.2, -0.15) is 0 Å². The van der Waals surface area contributed by atoms with E-state index in [1.54, 1.807) is 7.05 Å². The summed E-state index contributed by atoms with van der Waals surface area (Å²) < 4.78 is 0. The molecule has 0 bridgehead atoms. The highest BCUT2D eigenvalue weighted by molar-refractivity contribution is 7.18. The van der Waals surface area contributed by atoms with Crippen molar-refractivity contribution in [1.82, 2.24) is 10.3 Å². The first kappa shape index (κ1) is 15.8. The summed E-state index contributed by atoms with van der Waals surface area (Å²) in [6, 6.07) is 0.158. The fraction of sp³-hybridized carbons (Fsp3) is 0.692. The van der Waals surface area contributed by atoms with Gasteiger partial charge in [0.2, 0.25) is 0 Å². The molecule has 0 fully saturated rings. The molecule has 0 saturated heterocycles. The highest BCUT2D eigenvalue weighted by Crippen LogP contribution is 2.24. The standard InChI is InChI=1S/C13H24N4OS/c1-8(2)6-5-7-9(3)16-12(18)10-11(14)17-13(15-4)19-10/h8-9H,5-7,14H2,1-4H3,(H,15,17)(H,16,18). The second kappa shape index (κ2) is 7.33. The topological polar surface area (TPSA) is 80.0 Å². The third-order valence-electron chi connectivity index (χ3n) is 2.87. The maximum Gasteiger partial charge on any atom is 0.265 e. The zero-order chi connectivity index (χ0) is 14.4. The maximum atomic E-state index is 12.1. The molecule has 0 saturated carbocycles. The molecule has 1 unspecified atom stereocenters. The summed E-state index contributed by atoms with van der Waals surface area (Å²) in [4.78, 5) is 16.6. The van der Waals surface area contributed by atoms with E-state index >= 15 is 0 Å². The zero-order valence-corrected chi connectivity index (χ0v) is 12.9. The lowest BCUT2D eigenvalue weighted by Gasteiger charge is -2.13. The van der Waals surface area contributed by atoms with Crippen molar-refractivity contribution in [3.05, 3.63) is 4.88 Å². The Morgan fingerprint density at radius 1 is 1.37 bits per heavy atom. The number of rotatable bonds is 7. The van der Waals surface area contributed by atoms with Gasteiger partial charge in [-0.25, -0.2) is 4.98 Å². The van der Waals surface area contributed by atoms with Gasteiger partial charge in [0.05, 0.1) is 0 Å². The Labute approximate surface area is 119 Å². The van der Waals surface area contributed by atoms with E-state index in [9.17, 15) is 4.79 Å². The summed E-state index contributed by atoms with van der Waals surface area (Å²) in [6.45, 7) is 6.44. The van der Waals surface area contributed by atoms with Gasteiger partial charge in [-0.3, -0.25) is 4.79 Å². The predicted octanol–water partition coefficient (Wildman–Crippen LogP) is 2.71. The van der Waals surface area contributed by atoms with Crippen molar-refractivity contribution < 1.29 is 4.79 Å². The number of aromatic nitrogens is 1. The summed E-state index contributed by atoms with van der Waals surface area (Å²) in [6.07, 6.45) is 3.30. The van der Waals surface area contributed by atoms with Gasteiger partial charge in [0.15, 0.2) is 5.13 Å². The Morgan fingerprint density at radius 3 is 2.58 bits per heavy atom. The predicted molar refractivity (Wildman–Crippen MR) is 81.7 cm³/mol. The van der Waals surface area contributed by atoms with Gasteiger partial charge in [0.25, 0.3) is 5.91 Å². The second-order valence-electron chi connectivity index (χ2n) is 5.18. The Hall–Kier alpha value is -1.30. The molecule has 6 heteroatoms. The van der Waals surface area contributed by atoms with Crippen LogP contribution in [0.4, 0.5) is 10.9 Å². The van der Waals surface area contributed by atoms with Crippen LogP contribution in [-0.2, 0) is 0 Å². The fourth-order valence-electron chi connectivity index (χ4n) is 1.80. The van der Waals surface area contributed by atoms with Crippen LogP contribution in [0.2, 0.25) is 0 Å². The van der Waals surface area contributed by atoms with E-state index in [4.69, 9.17) is 5.73 Å². The minimum atomic E-state index is -0.131. The summed E-state index contributed by atoms with van der Waals surface area (Å²) in [5, 5.41) is 6.52. The van der Waals surface area contributed by atoms with E-state index in [-0.39, 0.29) is 11.9 Å². The third kappa shape index (κ3) is 5.06. The van der Waals surface area contributed by atoms with Crippen LogP contribution >= 0.6 is 11.3 Å². The largest absolute Gasteiger partial charge is 0.382 e. The average Bonchev–Trinajstić information content (AvgIpc) is 2.70. The van der Waals surface area contributed by atoms with Crippen molar-refractivity contribution in [2.24, 2.45) is 5.92 Å². The molecular formula is C13H24N4OS. The molecule has 0 spiro atoms. The number of nitrogen functional groups attached to an aromatic ring is 1. The number of carbonyl (C=O) groups excluding carboxylic acids is 1. The van der Waals surface area contributed by atoms with E-state index < -0.39 is 0 Å². The Balaban J connectivity index is 2.47. The van der Waals surface area contributed by atoms with E-state index in [0.717, 1.165) is 12.8 Å². The van der Waals surface area contributed by atoms with Gasteiger partial charge in [0, 0.05) is 13.1 Å². The summed E-state index contributed by atoms with van der Waals surface area (Å²) in [5.74, 6) is 0.869. The molecule has 0 aromatic carbocycles. The molecule has 0 aliphatic rings. The number of amides is 1. The van der Waals surface area contributed by atoms with E-state index in [1.807, 2.05) is 6.92 Å². The first-order valence-corrected chi connectivity index (χ1v) is 7.50. The lowest BCUT2D eigenvalue weighted by molar-refractivity contribution is 0.0942. The molecule has 0 aliphatic carbocycles. The van der Waals surface area contributed by atoms with Crippen molar-refractivity contribution in [3.8, 4) is 0 Å². The molecular weight excluding hydrogens is 260 g/mol. The molecule has 5 nitrogen and oxygen atoms in total. The molecule has 1 heterocycles. The van der Waals surface area contributed by atoms with Gasteiger partial charge in [-0.05, 0) is 19.3 Å². The molecule has 1 rings (SSSR count). The summed E-state index contributed by atoms with van der Waals surface area (Å²) in [5.41, 5.74) is 5.73. The summed E-state index contributed by atoms with van der Waals surface area (Å²) in [7, 11) is 1.76. The smallest absolute Gasteiger partial charge is 0.265 e. The van der Waals surface area contributed by atoms with Crippen LogP contribution in [0.3, 0.4) is 0 Å². The molecule has 1 amide bonds. The Kier molecular flexibility index (Phi) is 6.08. The van der Waals surface area contributed by atoms with Crippen LogP contribution < -0.4 is 16.4 Å². The first-order valence-electron chi connectivity index (χ1n) is 6.69. The van der Waals surface area contributed by atoms with Crippen molar-refractivity contribution in [3.63, 3.8) is 0 Å². The quantitative estimate of drug-likeness (QED) is 0.719. The van der Waals surface area contributed by atoms with Crippen LogP contribution in [-0.4, -0.2) is 24.0 Å². The molecule has 1 atom stereocenters. The monoisotopic (exact) mass is 284 g/mol.